The predicted molar refractivity (Wildman–Crippen MR) is 46.6 cm³/mol. The first-order valence-corrected chi connectivity index (χ1v) is 4.50. The van der Waals surface area contributed by atoms with Gasteiger partial charge in [0.2, 0.25) is 5.79 Å². The van der Waals surface area contributed by atoms with Gasteiger partial charge in [-0.05, 0) is 12.3 Å². The molecule has 3 heteroatoms. The summed E-state index contributed by atoms with van der Waals surface area (Å²) in [5.74, 6) is -0.145. The Bertz CT molecular complexity index is 271. The maximum Gasteiger partial charge on any atom is 0.323 e. The molecule has 0 bridgehead atoms. The Labute approximate surface area is 77.7 Å². The van der Waals surface area contributed by atoms with E-state index < -0.39 is 11.2 Å². The molecule has 1 saturated carbocycles. The summed E-state index contributed by atoms with van der Waals surface area (Å²) in [6, 6.07) is 0. The van der Waals surface area contributed by atoms with Crippen LogP contribution in [0.1, 0.15) is 27.2 Å². The van der Waals surface area contributed by atoms with E-state index >= 15 is 0 Å². The summed E-state index contributed by atoms with van der Waals surface area (Å²) in [4.78, 5) is 11.7. The van der Waals surface area contributed by atoms with Gasteiger partial charge in [0.25, 0.3) is 0 Å². The molecule has 0 radical (unpaired) electrons. The molecule has 0 amide bonds. The van der Waals surface area contributed by atoms with Crippen LogP contribution in [0.4, 0.5) is 0 Å². The second kappa shape index (κ2) is 2.08. The molecule has 0 aromatic rings. The second-order valence-corrected chi connectivity index (χ2v) is 4.39. The molecule has 2 atom stereocenters. The second-order valence-electron chi connectivity index (χ2n) is 4.39. The summed E-state index contributed by atoms with van der Waals surface area (Å²) in [5.41, 5.74) is -0.518. The number of rotatable bonds is 0. The van der Waals surface area contributed by atoms with Crippen LogP contribution in [-0.4, -0.2) is 11.8 Å². The highest BCUT2D eigenvalue weighted by Gasteiger charge is 2.65. The zero-order valence-corrected chi connectivity index (χ0v) is 8.22. The predicted octanol–water partition coefficient (Wildman–Crippen LogP) is 1.84. The van der Waals surface area contributed by atoms with E-state index in [0.717, 1.165) is 6.42 Å². The molecule has 1 heterocycles. The number of hydrogen-bond acceptors (Lipinski definition) is 3. The van der Waals surface area contributed by atoms with Gasteiger partial charge < -0.3 is 9.47 Å². The van der Waals surface area contributed by atoms with Gasteiger partial charge in [-0.25, -0.2) is 0 Å². The largest absolute Gasteiger partial charge is 0.457 e. The van der Waals surface area contributed by atoms with Crippen LogP contribution in [-0.2, 0) is 14.3 Å². The van der Waals surface area contributed by atoms with Crippen molar-refractivity contribution in [2.24, 2.45) is 11.3 Å². The molecule has 2 rings (SSSR count). The molecule has 13 heavy (non-hydrogen) atoms. The van der Waals surface area contributed by atoms with Crippen molar-refractivity contribution in [1.82, 2.24) is 0 Å². The summed E-state index contributed by atoms with van der Waals surface area (Å²) in [6.07, 6.45) is 0.806. The number of carbonyl (C=O) groups excluding carboxylic acids is 1. The lowest BCUT2D eigenvalue weighted by atomic mass is 10.0. The fourth-order valence-corrected chi connectivity index (χ4v) is 1.93. The Morgan fingerprint density at radius 1 is 1.46 bits per heavy atom. The van der Waals surface area contributed by atoms with Gasteiger partial charge in [-0.1, -0.05) is 13.5 Å². The van der Waals surface area contributed by atoms with Gasteiger partial charge in [0, 0.05) is 13.8 Å². The minimum Gasteiger partial charge on any atom is -0.457 e. The zero-order valence-electron chi connectivity index (χ0n) is 8.22. The van der Waals surface area contributed by atoms with E-state index in [9.17, 15) is 4.79 Å². The minimum absolute atomic E-state index is 0.179. The Hall–Kier alpha value is -0.990. The maximum absolute atomic E-state index is 11.7. The normalized spacial score (nSPS) is 41.3. The Morgan fingerprint density at radius 2 is 2.00 bits per heavy atom. The van der Waals surface area contributed by atoms with E-state index in [1.54, 1.807) is 13.8 Å². The maximum atomic E-state index is 11.7. The highest BCUT2D eigenvalue weighted by molar-refractivity contribution is 5.84. The Morgan fingerprint density at radius 3 is 2.38 bits per heavy atom. The van der Waals surface area contributed by atoms with Gasteiger partial charge in [0.1, 0.15) is 11.2 Å². The minimum atomic E-state index is -0.846. The van der Waals surface area contributed by atoms with Crippen molar-refractivity contribution in [3.05, 3.63) is 12.3 Å². The third-order valence-corrected chi connectivity index (χ3v) is 2.88. The van der Waals surface area contributed by atoms with Crippen LogP contribution in [0.5, 0.6) is 0 Å². The number of hydrogen-bond donors (Lipinski definition) is 0. The van der Waals surface area contributed by atoms with Crippen LogP contribution in [0.3, 0.4) is 0 Å². The van der Waals surface area contributed by atoms with Crippen LogP contribution < -0.4 is 0 Å². The van der Waals surface area contributed by atoms with Crippen molar-refractivity contribution in [2.45, 2.75) is 33.0 Å². The van der Waals surface area contributed by atoms with E-state index in [0.29, 0.717) is 11.7 Å². The highest BCUT2D eigenvalue weighted by Crippen LogP contribution is 2.61. The third-order valence-electron chi connectivity index (χ3n) is 2.88. The molecule has 1 spiro atoms. The lowest BCUT2D eigenvalue weighted by Gasteiger charge is -2.36. The molecule has 3 nitrogen and oxygen atoms in total. The topological polar surface area (TPSA) is 35.5 Å². The third kappa shape index (κ3) is 0.992. The standard InChI is InChI=1S/C10H14O3/c1-6-5-10(6)7(2)12-9(3,4)13-8(10)11/h6H,2,5H2,1,3-4H3. The molecule has 0 aromatic heterocycles. The first kappa shape index (κ1) is 8.60. The molecule has 2 unspecified atom stereocenters. The van der Waals surface area contributed by atoms with Gasteiger partial charge >= 0.3 is 5.97 Å². The lowest BCUT2D eigenvalue weighted by Crippen LogP contribution is -2.43. The van der Waals surface area contributed by atoms with Crippen LogP contribution in [0, 0.1) is 11.3 Å². The number of cyclic esters (lactones) is 1. The molecule has 2 fully saturated rings. The fraction of sp³-hybridized carbons (Fsp3) is 0.700. The molecular weight excluding hydrogens is 168 g/mol. The number of esters is 1. The number of ether oxygens (including phenoxy) is 2. The van der Waals surface area contributed by atoms with Gasteiger partial charge in [-0.15, -0.1) is 0 Å². The SMILES string of the molecule is C=C1OC(C)(C)OC(=O)C12CC2C. The molecule has 72 valence electrons. The number of carbonyl (C=O) groups is 1. The average molecular weight is 182 g/mol. The van der Waals surface area contributed by atoms with Crippen molar-refractivity contribution < 1.29 is 14.3 Å². The van der Waals surface area contributed by atoms with Crippen LogP contribution in [0.2, 0.25) is 0 Å². The summed E-state index contributed by atoms with van der Waals surface area (Å²) >= 11 is 0. The zero-order chi connectivity index (χ0) is 9.85. The Balaban J connectivity index is 2.28. The van der Waals surface area contributed by atoms with Crippen molar-refractivity contribution >= 4 is 5.97 Å². The van der Waals surface area contributed by atoms with Crippen molar-refractivity contribution in [2.75, 3.05) is 0 Å². The smallest absolute Gasteiger partial charge is 0.323 e. The molecule has 2 aliphatic rings. The van der Waals surface area contributed by atoms with Gasteiger partial charge in [0.15, 0.2) is 0 Å². The van der Waals surface area contributed by atoms with E-state index in [2.05, 4.69) is 6.58 Å². The van der Waals surface area contributed by atoms with E-state index in [1.165, 1.54) is 0 Å². The van der Waals surface area contributed by atoms with Crippen LogP contribution >= 0.6 is 0 Å². The van der Waals surface area contributed by atoms with Crippen molar-refractivity contribution in [3.8, 4) is 0 Å². The molecule has 0 aromatic carbocycles. The summed E-state index contributed by atoms with van der Waals surface area (Å²) in [7, 11) is 0. The van der Waals surface area contributed by atoms with E-state index in [4.69, 9.17) is 9.47 Å². The van der Waals surface area contributed by atoms with Crippen LogP contribution in [0.25, 0.3) is 0 Å². The summed E-state index contributed by atoms with van der Waals surface area (Å²) < 4.78 is 10.6. The Kier molecular flexibility index (Phi) is 1.38. The van der Waals surface area contributed by atoms with Gasteiger partial charge in [0.05, 0.1) is 0 Å². The molecule has 0 N–H and O–H groups in total. The first-order valence-electron chi connectivity index (χ1n) is 4.50. The summed E-state index contributed by atoms with van der Waals surface area (Å²) in [6.45, 7) is 9.25. The summed E-state index contributed by atoms with van der Waals surface area (Å²) in [5, 5.41) is 0. The van der Waals surface area contributed by atoms with Crippen LogP contribution in [0.15, 0.2) is 12.3 Å². The fourth-order valence-electron chi connectivity index (χ4n) is 1.93. The lowest BCUT2D eigenvalue weighted by molar-refractivity contribution is -0.231. The quantitative estimate of drug-likeness (QED) is 0.536. The van der Waals surface area contributed by atoms with Gasteiger partial charge in [-0.2, -0.15) is 0 Å². The van der Waals surface area contributed by atoms with Gasteiger partial charge in [-0.3, -0.25) is 4.79 Å². The van der Waals surface area contributed by atoms with E-state index in [-0.39, 0.29) is 5.97 Å². The van der Waals surface area contributed by atoms with E-state index in [1.807, 2.05) is 6.92 Å². The van der Waals surface area contributed by atoms with Crippen molar-refractivity contribution in [3.63, 3.8) is 0 Å². The average Bonchev–Trinajstić information content (AvgIpc) is 2.57. The van der Waals surface area contributed by atoms with Crippen molar-refractivity contribution in [1.29, 1.82) is 0 Å². The monoisotopic (exact) mass is 182 g/mol. The highest BCUT2D eigenvalue weighted by atomic mass is 16.7. The molecule has 1 saturated heterocycles. The molecule has 1 aliphatic heterocycles. The molecular formula is C10H14O3. The first-order chi connectivity index (χ1) is 5.88. The molecule has 1 aliphatic carbocycles.